The van der Waals surface area contributed by atoms with Gasteiger partial charge in [-0.3, -0.25) is 19.5 Å². The van der Waals surface area contributed by atoms with E-state index >= 15 is 0 Å². The molecule has 2 heterocycles. The van der Waals surface area contributed by atoms with E-state index in [2.05, 4.69) is 32.7 Å². The minimum atomic E-state index is -5.45. The minimum absolute atomic E-state index is 0.0158. The molecule has 2 aliphatic rings. The SMILES string of the molecule is Cc1cc(C(=O)N(C)C2CCN(C)CC2)ccc1-c1ccc(C[C@H](CC(=O)C2CCC(CNC(=O)OC(C)(C)C)CC2)C(=O)Nc2ccc(-c3n[nH]c(C(F)(F)C(F)(F)C(=O)O)n3)cc2)cc1. The van der Waals surface area contributed by atoms with Gasteiger partial charge in [0, 0.05) is 54.7 Å². The molecular weight excluding hydrogens is 875 g/mol. The molecule has 18 heteroatoms. The van der Waals surface area contributed by atoms with Crippen LogP contribution in [0.25, 0.3) is 22.5 Å². The minimum Gasteiger partial charge on any atom is -0.477 e. The van der Waals surface area contributed by atoms with Gasteiger partial charge in [-0.05, 0) is 157 Å². The van der Waals surface area contributed by atoms with Crippen LogP contribution < -0.4 is 10.6 Å². The fourth-order valence-electron chi connectivity index (χ4n) is 8.64. The van der Waals surface area contributed by atoms with E-state index < -0.39 is 53.0 Å². The molecule has 2 fully saturated rings. The van der Waals surface area contributed by atoms with E-state index in [4.69, 9.17) is 9.84 Å². The number of ether oxygens (including phenoxy) is 1. The molecule has 0 unspecified atom stereocenters. The number of amides is 3. The summed E-state index contributed by atoms with van der Waals surface area (Å²) in [6, 6.07) is 19.2. The molecule has 360 valence electrons. The molecule has 0 bridgehead atoms. The quantitative estimate of drug-likeness (QED) is 0.0794. The summed E-state index contributed by atoms with van der Waals surface area (Å²) in [6.07, 6.45) is 4.16. The lowest BCUT2D eigenvalue weighted by Crippen LogP contribution is -2.45. The van der Waals surface area contributed by atoms with E-state index in [9.17, 15) is 41.5 Å². The summed E-state index contributed by atoms with van der Waals surface area (Å²) in [5.41, 5.74) is 3.99. The molecule has 4 aromatic rings. The topological polar surface area (TPSA) is 187 Å². The van der Waals surface area contributed by atoms with Crippen LogP contribution in [-0.4, -0.2) is 111 Å². The predicted octanol–water partition coefficient (Wildman–Crippen LogP) is 8.51. The second-order valence-corrected chi connectivity index (χ2v) is 18.9. The number of aliphatic carboxylic acids is 1. The number of H-pyrrole nitrogens is 1. The molecule has 0 radical (unpaired) electrons. The predicted molar refractivity (Wildman–Crippen MR) is 243 cm³/mol. The van der Waals surface area contributed by atoms with E-state index in [1.54, 1.807) is 25.9 Å². The number of nitrogens with zero attached hydrogens (tertiary/aromatic N) is 4. The van der Waals surface area contributed by atoms with Gasteiger partial charge in [0.15, 0.2) is 5.82 Å². The van der Waals surface area contributed by atoms with Crippen molar-refractivity contribution < 1.29 is 51.4 Å². The van der Waals surface area contributed by atoms with Crippen molar-refractivity contribution in [1.29, 1.82) is 0 Å². The fourth-order valence-corrected chi connectivity index (χ4v) is 8.64. The highest BCUT2D eigenvalue weighted by atomic mass is 19.3. The number of aromatic amines is 1. The lowest BCUT2D eigenvalue weighted by atomic mass is 9.77. The summed E-state index contributed by atoms with van der Waals surface area (Å²) in [5.74, 6) is -17.1. The van der Waals surface area contributed by atoms with Gasteiger partial charge in [-0.15, -0.1) is 0 Å². The van der Waals surface area contributed by atoms with Crippen LogP contribution >= 0.6 is 0 Å². The average Bonchev–Trinajstić information content (AvgIpc) is 3.79. The third-order valence-electron chi connectivity index (χ3n) is 12.7. The number of anilines is 1. The number of piperidine rings is 1. The van der Waals surface area contributed by atoms with Gasteiger partial charge in [-0.1, -0.05) is 30.3 Å². The molecule has 14 nitrogen and oxygen atoms in total. The number of carboxylic acid groups (broad SMARTS) is 1. The van der Waals surface area contributed by atoms with Crippen molar-refractivity contribution in [2.75, 3.05) is 39.0 Å². The Bertz CT molecular complexity index is 2400. The molecule has 1 aliphatic carbocycles. The van der Waals surface area contributed by atoms with Crippen molar-refractivity contribution in [1.82, 2.24) is 30.3 Å². The fraction of sp³-hybridized carbons (Fsp3) is 0.490. The van der Waals surface area contributed by atoms with E-state index in [1.165, 1.54) is 24.3 Å². The zero-order valence-electron chi connectivity index (χ0n) is 38.6. The lowest BCUT2D eigenvalue weighted by molar-refractivity contribution is -0.231. The molecule has 3 amide bonds. The van der Waals surface area contributed by atoms with Gasteiger partial charge >= 0.3 is 23.9 Å². The molecule has 1 saturated carbocycles. The largest absolute Gasteiger partial charge is 0.477 e. The monoisotopic (exact) mass is 933 g/mol. The van der Waals surface area contributed by atoms with Gasteiger partial charge < -0.3 is 30.3 Å². The Morgan fingerprint density at radius 3 is 2.12 bits per heavy atom. The molecule has 67 heavy (non-hydrogen) atoms. The number of rotatable bonds is 16. The van der Waals surface area contributed by atoms with Crippen LogP contribution in [0.5, 0.6) is 0 Å². The second-order valence-electron chi connectivity index (χ2n) is 18.9. The number of alkyl carbamates (subject to hydrolysis) is 1. The van der Waals surface area contributed by atoms with Gasteiger partial charge in [-0.25, -0.2) is 14.6 Å². The summed E-state index contributed by atoms with van der Waals surface area (Å²) >= 11 is 0. The highest BCUT2D eigenvalue weighted by Gasteiger charge is 2.65. The number of carbonyl (C=O) groups excluding carboxylic acids is 4. The summed E-state index contributed by atoms with van der Waals surface area (Å²) in [5, 5.41) is 19.6. The summed E-state index contributed by atoms with van der Waals surface area (Å²) in [6.45, 7) is 9.65. The van der Waals surface area contributed by atoms with E-state index in [-0.39, 0.29) is 53.7 Å². The molecular formula is C49H59F4N7O7. The van der Waals surface area contributed by atoms with Gasteiger partial charge in [0.1, 0.15) is 11.4 Å². The molecule has 1 saturated heterocycles. The maximum Gasteiger partial charge on any atom is 0.411 e. The number of hydrogen-bond acceptors (Lipinski definition) is 9. The summed E-state index contributed by atoms with van der Waals surface area (Å²) < 4.78 is 61.6. The Labute approximate surface area is 387 Å². The molecule has 0 spiro atoms. The first-order chi connectivity index (χ1) is 31.5. The van der Waals surface area contributed by atoms with E-state index in [1.807, 2.05) is 61.3 Å². The number of carbonyl (C=O) groups is 5. The number of benzene rings is 3. The number of nitrogens with one attached hydrogen (secondary N) is 3. The van der Waals surface area contributed by atoms with Crippen molar-refractivity contribution in [3.63, 3.8) is 0 Å². The highest BCUT2D eigenvalue weighted by Crippen LogP contribution is 2.42. The molecule has 1 aliphatic heterocycles. The van der Waals surface area contributed by atoms with Crippen molar-refractivity contribution in [3.8, 4) is 22.5 Å². The zero-order valence-corrected chi connectivity index (χ0v) is 38.6. The number of hydrogen-bond donors (Lipinski definition) is 4. The third-order valence-corrected chi connectivity index (χ3v) is 12.7. The van der Waals surface area contributed by atoms with Crippen molar-refractivity contribution in [3.05, 3.63) is 89.2 Å². The summed E-state index contributed by atoms with van der Waals surface area (Å²) in [7, 11) is 3.95. The van der Waals surface area contributed by atoms with Crippen LogP contribution in [0.2, 0.25) is 0 Å². The number of carboxylic acids is 1. The maximum absolute atomic E-state index is 14.3. The lowest BCUT2D eigenvalue weighted by Gasteiger charge is -2.35. The third kappa shape index (κ3) is 12.4. The van der Waals surface area contributed by atoms with Crippen LogP contribution in [0.4, 0.5) is 28.0 Å². The number of likely N-dealkylation sites (tertiary alicyclic amines) is 1. The smallest absolute Gasteiger partial charge is 0.411 e. The van der Waals surface area contributed by atoms with E-state index in [0.29, 0.717) is 37.8 Å². The Hall–Kier alpha value is -6.17. The van der Waals surface area contributed by atoms with Gasteiger partial charge in [0.05, 0.1) is 0 Å². The Morgan fingerprint density at radius 1 is 0.896 bits per heavy atom. The van der Waals surface area contributed by atoms with Crippen LogP contribution in [0.3, 0.4) is 0 Å². The molecule has 1 aromatic heterocycles. The average molecular weight is 934 g/mol. The Kier molecular flexibility index (Phi) is 15.6. The number of alkyl halides is 4. The number of halogens is 4. The number of ketones is 1. The van der Waals surface area contributed by atoms with Crippen LogP contribution in [0, 0.1) is 24.7 Å². The Morgan fingerprint density at radius 2 is 1.52 bits per heavy atom. The summed E-state index contributed by atoms with van der Waals surface area (Å²) in [4.78, 5) is 72.0. The number of aryl methyl sites for hydroxylation is 1. The first-order valence-corrected chi connectivity index (χ1v) is 22.5. The molecule has 3 aromatic carbocycles. The van der Waals surface area contributed by atoms with Gasteiger partial charge in [0.25, 0.3) is 5.91 Å². The normalized spacial score (nSPS) is 17.9. The maximum atomic E-state index is 14.3. The first-order valence-electron chi connectivity index (χ1n) is 22.5. The van der Waals surface area contributed by atoms with E-state index in [0.717, 1.165) is 48.2 Å². The number of aromatic nitrogens is 3. The van der Waals surface area contributed by atoms with Crippen LogP contribution in [-0.2, 0) is 31.5 Å². The Balaban J connectivity index is 1.14. The van der Waals surface area contributed by atoms with Crippen molar-refractivity contribution >= 4 is 35.3 Å². The zero-order chi connectivity index (χ0) is 48.8. The van der Waals surface area contributed by atoms with Crippen molar-refractivity contribution in [2.24, 2.45) is 17.8 Å². The second kappa shape index (κ2) is 20.8. The molecule has 4 N–H and O–H groups in total. The highest BCUT2D eigenvalue weighted by molar-refractivity contribution is 5.97. The first kappa shape index (κ1) is 50.2. The standard InChI is InChI=1S/C49H59F4N7O7/c1-29-25-35(43(63)60(6)38-21-23-59(5)24-22-38)17-20-39(29)32-11-7-30(8-12-32)26-36(27-40(61)33-13-9-31(10-14-33)28-54-46(66)67-47(2,3)4)42(62)55-37-18-15-34(16-19-37)41-56-44(58-57-41)48(50,51)49(52,53)45(64)65/h7-8,11-12,15-20,25,31,33,36,38H,9-10,13-14,21-24,26-28H2,1-6H3,(H,54,66)(H,55,62)(H,64,65)(H,56,57,58)/t31?,33?,36-/m1/s1. The molecule has 1 atom stereocenters. The van der Waals surface area contributed by atoms with Crippen LogP contribution in [0.1, 0.15) is 93.0 Å². The van der Waals surface area contributed by atoms with Crippen LogP contribution in [0.15, 0.2) is 66.7 Å². The van der Waals surface area contributed by atoms with Crippen molar-refractivity contribution in [2.45, 2.75) is 103 Å². The van der Waals surface area contributed by atoms with Gasteiger partial charge in [-0.2, -0.15) is 22.7 Å². The number of Topliss-reactive ketones (excluding diaryl/α,β-unsaturated/α-hetero) is 1. The van der Waals surface area contributed by atoms with Gasteiger partial charge in [0.2, 0.25) is 11.7 Å². The molecule has 6 rings (SSSR count).